The molecule has 0 saturated heterocycles. The number of carbonyl (C=O) groups excluding carboxylic acids is 1. The summed E-state index contributed by atoms with van der Waals surface area (Å²) in [5.74, 6) is -0.415. The molecule has 0 aliphatic carbocycles. The Morgan fingerprint density at radius 3 is 2.31 bits per heavy atom. The molecule has 2 aromatic carbocycles. The van der Waals surface area contributed by atoms with Gasteiger partial charge in [0.15, 0.2) is 0 Å². The van der Waals surface area contributed by atoms with Gasteiger partial charge >= 0.3 is 0 Å². The zero-order valence-electron chi connectivity index (χ0n) is 17.8. The van der Waals surface area contributed by atoms with E-state index in [1.807, 2.05) is 71.0 Å². The smallest absolute Gasteiger partial charge is 0.266 e. The molecule has 152 valence electrons. The van der Waals surface area contributed by atoms with Crippen molar-refractivity contribution in [2.45, 2.75) is 34.6 Å². The van der Waals surface area contributed by atoms with E-state index in [1.54, 1.807) is 6.08 Å². The number of nitriles is 1. The monoisotopic (exact) mass is 391 g/mol. The van der Waals surface area contributed by atoms with Gasteiger partial charge in [-0.05, 0) is 75.1 Å². The van der Waals surface area contributed by atoms with Crippen LogP contribution < -0.4 is 10.2 Å². The van der Waals surface area contributed by atoms with Crippen LogP contribution in [0.2, 0.25) is 0 Å². The molecule has 0 aliphatic rings. The molecular formula is C24H29N3O2. The summed E-state index contributed by atoms with van der Waals surface area (Å²) in [4.78, 5) is 14.8. The maximum Gasteiger partial charge on any atom is 0.266 e. The molecule has 5 heteroatoms. The van der Waals surface area contributed by atoms with Gasteiger partial charge in [0.2, 0.25) is 0 Å². The molecule has 0 fully saturated rings. The van der Waals surface area contributed by atoms with Crippen molar-refractivity contribution < 1.29 is 9.90 Å². The van der Waals surface area contributed by atoms with Crippen molar-refractivity contribution in [2.24, 2.45) is 0 Å². The number of aliphatic hydroxyl groups is 1. The number of hydrogen-bond donors (Lipinski definition) is 2. The molecule has 0 unspecified atom stereocenters. The molecule has 1 amide bonds. The fraction of sp³-hybridized carbons (Fsp3) is 0.333. The molecule has 0 radical (unpaired) electrons. The minimum Gasteiger partial charge on any atom is -0.395 e. The number of aliphatic hydroxyl groups excluding tert-OH is 1. The Morgan fingerprint density at radius 1 is 1.14 bits per heavy atom. The van der Waals surface area contributed by atoms with E-state index in [2.05, 4.69) is 10.2 Å². The minimum atomic E-state index is -0.415. The van der Waals surface area contributed by atoms with E-state index >= 15 is 0 Å². The number of hydrogen-bond acceptors (Lipinski definition) is 4. The topological polar surface area (TPSA) is 76.4 Å². The second-order valence-corrected chi connectivity index (χ2v) is 7.24. The van der Waals surface area contributed by atoms with Crippen LogP contribution in [0, 0.1) is 39.0 Å². The van der Waals surface area contributed by atoms with Gasteiger partial charge in [-0.2, -0.15) is 5.26 Å². The molecule has 0 atom stereocenters. The molecule has 0 saturated carbocycles. The quantitative estimate of drug-likeness (QED) is 0.545. The highest BCUT2D eigenvalue weighted by Gasteiger charge is 2.14. The number of nitrogens with zero attached hydrogens (tertiary/aromatic N) is 2. The Balaban J connectivity index is 2.30. The molecule has 5 nitrogen and oxygen atoms in total. The van der Waals surface area contributed by atoms with Crippen LogP contribution in [0.3, 0.4) is 0 Å². The first-order valence-electron chi connectivity index (χ1n) is 9.78. The molecule has 0 aliphatic heterocycles. The van der Waals surface area contributed by atoms with Gasteiger partial charge < -0.3 is 15.3 Å². The normalized spacial score (nSPS) is 11.1. The lowest BCUT2D eigenvalue weighted by molar-refractivity contribution is -0.112. The second kappa shape index (κ2) is 9.90. The van der Waals surface area contributed by atoms with Crippen molar-refractivity contribution in [3.8, 4) is 6.07 Å². The molecule has 2 aromatic rings. The number of anilines is 2. The molecule has 0 heterocycles. The van der Waals surface area contributed by atoms with Crippen LogP contribution in [0.5, 0.6) is 0 Å². The van der Waals surface area contributed by atoms with Crippen molar-refractivity contribution in [3.63, 3.8) is 0 Å². The Bertz CT molecular complexity index is 948. The van der Waals surface area contributed by atoms with Crippen molar-refractivity contribution >= 4 is 23.4 Å². The first kappa shape index (κ1) is 22.2. The standard InChI is InChI=1S/C24H29N3O2/c1-6-27(9-10-28)22-8-7-20(17(3)13-22)14-21(15-25)24(29)26-23-18(4)11-16(2)12-19(23)5/h7-8,11-14,28H,6,9-10H2,1-5H3,(H,26,29)/b21-14+. The molecule has 0 aromatic heterocycles. The summed E-state index contributed by atoms with van der Waals surface area (Å²) in [6.07, 6.45) is 1.62. The molecular weight excluding hydrogens is 362 g/mol. The van der Waals surface area contributed by atoms with Crippen LogP contribution in [0.25, 0.3) is 6.08 Å². The van der Waals surface area contributed by atoms with E-state index < -0.39 is 5.91 Å². The lowest BCUT2D eigenvalue weighted by atomic mass is 10.0. The van der Waals surface area contributed by atoms with Crippen LogP contribution in [0.15, 0.2) is 35.9 Å². The summed E-state index contributed by atoms with van der Waals surface area (Å²) in [6.45, 7) is 11.3. The van der Waals surface area contributed by atoms with Crippen molar-refractivity contribution in [2.75, 3.05) is 29.9 Å². The second-order valence-electron chi connectivity index (χ2n) is 7.24. The Kier molecular flexibility index (Phi) is 7.58. The number of carbonyl (C=O) groups is 1. The van der Waals surface area contributed by atoms with E-state index in [9.17, 15) is 15.2 Å². The van der Waals surface area contributed by atoms with E-state index in [0.717, 1.165) is 45.7 Å². The van der Waals surface area contributed by atoms with Gasteiger partial charge in [0.1, 0.15) is 11.6 Å². The maximum atomic E-state index is 12.7. The molecule has 2 rings (SSSR count). The summed E-state index contributed by atoms with van der Waals surface area (Å²) < 4.78 is 0. The van der Waals surface area contributed by atoms with Gasteiger partial charge in [-0.15, -0.1) is 0 Å². The van der Waals surface area contributed by atoms with Crippen molar-refractivity contribution in [1.82, 2.24) is 0 Å². The maximum absolute atomic E-state index is 12.7. The van der Waals surface area contributed by atoms with Crippen LogP contribution in [0.1, 0.15) is 34.7 Å². The number of aryl methyl sites for hydroxylation is 4. The fourth-order valence-electron chi connectivity index (χ4n) is 3.47. The first-order valence-corrected chi connectivity index (χ1v) is 9.78. The van der Waals surface area contributed by atoms with Crippen LogP contribution >= 0.6 is 0 Å². The van der Waals surface area contributed by atoms with E-state index in [1.165, 1.54) is 0 Å². The van der Waals surface area contributed by atoms with Crippen LogP contribution in [-0.2, 0) is 4.79 Å². The average molecular weight is 392 g/mol. The zero-order valence-corrected chi connectivity index (χ0v) is 17.8. The Morgan fingerprint density at radius 2 is 1.79 bits per heavy atom. The molecule has 0 spiro atoms. The number of amides is 1. The number of benzene rings is 2. The highest BCUT2D eigenvalue weighted by Crippen LogP contribution is 2.24. The SMILES string of the molecule is CCN(CCO)c1ccc(/C=C(\C#N)C(=O)Nc2c(C)cc(C)cc2C)c(C)c1. The average Bonchev–Trinajstić information content (AvgIpc) is 2.67. The lowest BCUT2D eigenvalue weighted by Crippen LogP contribution is -2.26. The van der Waals surface area contributed by atoms with Gasteiger partial charge in [-0.25, -0.2) is 0 Å². The number of likely N-dealkylation sites (N-methyl/N-ethyl adjacent to an activating group) is 1. The summed E-state index contributed by atoms with van der Waals surface area (Å²) >= 11 is 0. The van der Waals surface area contributed by atoms with Gasteiger partial charge in [-0.3, -0.25) is 4.79 Å². The van der Waals surface area contributed by atoms with Gasteiger partial charge in [0.25, 0.3) is 5.91 Å². The minimum absolute atomic E-state index is 0.0583. The molecule has 29 heavy (non-hydrogen) atoms. The van der Waals surface area contributed by atoms with Gasteiger partial charge in [0.05, 0.1) is 6.61 Å². The fourth-order valence-corrected chi connectivity index (χ4v) is 3.47. The third kappa shape index (κ3) is 5.46. The van der Waals surface area contributed by atoms with Gasteiger partial charge in [-0.1, -0.05) is 23.8 Å². The summed E-state index contributed by atoms with van der Waals surface area (Å²) in [6, 6.07) is 11.9. The van der Waals surface area contributed by atoms with Crippen molar-refractivity contribution in [3.05, 3.63) is 63.7 Å². The van der Waals surface area contributed by atoms with E-state index in [-0.39, 0.29) is 12.2 Å². The number of rotatable bonds is 7. The predicted octanol–water partition coefficient (Wildman–Crippen LogP) is 4.28. The zero-order chi connectivity index (χ0) is 21.6. The summed E-state index contributed by atoms with van der Waals surface area (Å²) in [5, 5.41) is 21.6. The summed E-state index contributed by atoms with van der Waals surface area (Å²) in [5.41, 5.74) is 6.66. The van der Waals surface area contributed by atoms with E-state index in [4.69, 9.17) is 0 Å². The Labute approximate surface area is 173 Å². The first-order chi connectivity index (χ1) is 13.8. The number of nitrogens with one attached hydrogen (secondary N) is 1. The largest absolute Gasteiger partial charge is 0.395 e. The molecule has 0 bridgehead atoms. The highest BCUT2D eigenvalue weighted by molar-refractivity contribution is 6.10. The lowest BCUT2D eigenvalue weighted by Gasteiger charge is -2.22. The third-order valence-corrected chi connectivity index (χ3v) is 4.95. The highest BCUT2D eigenvalue weighted by atomic mass is 16.3. The van der Waals surface area contributed by atoms with Crippen LogP contribution in [-0.4, -0.2) is 30.7 Å². The Hall–Kier alpha value is -3.10. The third-order valence-electron chi connectivity index (χ3n) is 4.95. The van der Waals surface area contributed by atoms with E-state index in [0.29, 0.717) is 6.54 Å². The molecule has 2 N–H and O–H groups in total. The summed E-state index contributed by atoms with van der Waals surface area (Å²) in [7, 11) is 0. The van der Waals surface area contributed by atoms with Gasteiger partial charge in [0, 0.05) is 24.5 Å². The predicted molar refractivity (Wildman–Crippen MR) is 119 cm³/mol. The van der Waals surface area contributed by atoms with Crippen LogP contribution in [0.4, 0.5) is 11.4 Å². The van der Waals surface area contributed by atoms with Crippen molar-refractivity contribution in [1.29, 1.82) is 5.26 Å².